The number of hydrogen-bond donors (Lipinski definition) is 0. The van der Waals surface area contributed by atoms with Crippen LogP contribution < -0.4 is 0 Å². The number of ether oxygens (including phenoxy) is 2. The van der Waals surface area contributed by atoms with E-state index in [4.69, 9.17) is 9.47 Å². The van der Waals surface area contributed by atoms with E-state index in [1.165, 1.54) is 7.11 Å². The van der Waals surface area contributed by atoms with Crippen LogP contribution in [0.5, 0.6) is 0 Å². The molecule has 1 aliphatic heterocycles. The lowest BCUT2D eigenvalue weighted by molar-refractivity contribution is -0.154. The molecule has 1 aliphatic carbocycles. The lowest BCUT2D eigenvalue weighted by atomic mass is 9.75. The molecule has 1 saturated heterocycles. The Labute approximate surface area is 88.2 Å². The highest BCUT2D eigenvalue weighted by Gasteiger charge is 2.49. The van der Waals surface area contributed by atoms with Gasteiger partial charge in [-0.25, -0.2) is 0 Å². The normalized spacial score (nSPS) is 38.4. The summed E-state index contributed by atoms with van der Waals surface area (Å²) < 4.78 is 9.84. The summed E-state index contributed by atoms with van der Waals surface area (Å²) >= 11 is 0. The molecule has 0 aromatic rings. The average molecular weight is 210 g/mol. The number of rotatable bonds is 1. The van der Waals surface area contributed by atoms with Crippen molar-refractivity contribution in [1.29, 1.82) is 0 Å². The van der Waals surface area contributed by atoms with E-state index in [2.05, 4.69) is 0 Å². The molecule has 0 amide bonds. The molecule has 82 valence electrons. The van der Waals surface area contributed by atoms with Crippen molar-refractivity contribution in [3.8, 4) is 0 Å². The lowest BCUT2D eigenvalue weighted by Gasteiger charge is -2.25. The van der Waals surface area contributed by atoms with Crippen LogP contribution in [0.3, 0.4) is 0 Å². The molecule has 0 N–H and O–H groups in total. The number of esters is 2. The van der Waals surface area contributed by atoms with Crippen LogP contribution in [0.4, 0.5) is 0 Å². The summed E-state index contributed by atoms with van der Waals surface area (Å²) in [5.74, 6) is -1.29. The summed E-state index contributed by atoms with van der Waals surface area (Å²) in [6.07, 6.45) is 4.34. The highest BCUT2D eigenvalue weighted by molar-refractivity contribution is 5.84. The Kier molecular flexibility index (Phi) is 2.50. The Hall–Kier alpha value is -1.32. The standard InChI is InChI=1S/C11H14O4/c1-6-7-4-3-5-8(10(12)14-2)9(7)11(13)15-6/h3-4,6-9H,5H2,1-2H3/t6-,7+,8-,9-/m0/s1. The Morgan fingerprint density at radius 2 is 2.33 bits per heavy atom. The van der Waals surface area contributed by atoms with Crippen molar-refractivity contribution < 1.29 is 19.1 Å². The molecule has 1 fully saturated rings. The number of fused-ring (bicyclic) bond motifs is 1. The molecule has 0 unspecified atom stereocenters. The van der Waals surface area contributed by atoms with Crippen LogP contribution in [-0.4, -0.2) is 25.2 Å². The second-order valence-corrected chi connectivity index (χ2v) is 4.04. The van der Waals surface area contributed by atoms with Gasteiger partial charge in [-0.2, -0.15) is 0 Å². The summed E-state index contributed by atoms with van der Waals surface area (Å²) in [6, 6.07) is 0. The SMILES string of the molecule is COC(=O)[C@H]1CC=C[C@H]2[C@@H]1C(=O)O[C@H]2C. The molecule has 0 aromatic heterocycles. The molecule has 2 aliphatic rings. The van der Waals surface area contributed by atoms with E-state index >= 15 is 0 Å². The maximum atomic E-state index is 11.6. The molecule has 0 spiro atoms. The van der Waals surface area contributed by atoms with Crippen LogP contribution in [0.2, 0.25) is 0 Å². The zero-order valence-corrected chi connectivity index (χ0v) is 8.80. The van der Waals surface area contributed by atoms with Crippen molar-refractivity contribution in [2.24, 2.45) is 17.8 Å². The van der Waals surface area contributed by atoms with E-state index < -0.39 is 0 Å². The molecule has 0 radical (unpaired) electrons. The second-order valence-electron chi connectivity index (χ2n) is 4.04. The van der Waals surface area contributed by atoms with Gasteiger partial charge in [-0.15, -0.1) is 0 Å². The highest BCUT2D eigenvalue weighted by Crippen LogP contribution is 2.40. The first kappa shape index (κ1) is 10.2. The van der Waals surface area contributed by atoms with E-state index in [1.807, 2.05) is 19.1 Å². The van der Waals surface area contributed by atoms with Gasteiger partial charge in [0.15, 0.2) is 0 Å². The zero-order valence-electron chi connectivity index (χ0n) is 8.80. The van der Waals surface area contributed by atoms with Gasteiger partial charge in [0, 0.05) is 5.92 Å². The van der Waals surface area contributed by atoms with Gasteiger partial charge in [-0.1, -0.05) is 12.2 Å². The predicted molar refractivity (Wildman–Crippen MR) is 51.8 cm³/mol. The first-order valence-electron chi connectivity index (χ1n) is 5.10. The third-order valence-corrected chi connectivity index (χ3v) is 3.22. The quantitative estimate of drug-likeness (QED) is 0.477. The maximum absolute atomic E-state index is 11.6. The summed E-state index contributed by atoms with van der Waals surface area (Å²) in [5.41, 5.74) is 0. The molecule has 4 nitrogen and oxygen atoms in total. The average Bonchev–Trinajstić information content (AvgIpc) is 2.54. The highest BCUT2D eigenvalue weighted by atomic mass is 16.6. The molecule has 0 aromatic carbocycles. The van der Waals surface area contributed by atoms with Crippen LogP contribution in [0.1, 0.15) is 13.3 Å². The predicted octanol–water partition coefficient (Wildman–Crippen LogP) is 0.913. The smallest absolute Gasteiger partial charge is 0.310 e. The van der Waals surface area contributed by atoms with Crippen molar-refractivity contribution in [2.75, 3.05) is 7.11 Å². The summed E-state index contributed by atoms with van der Waals surface area (Å²) in [4.78, 5) is 23.1. The van der Waals surface area contributed by atoms with Crippen molar-refractivity contribution in [3.05, 3.63) is 12.2 Å². The Morgan fingerprint density at radius 3 is 3.00 bits per heavy atom. The van der Waals surface area contributed by atoms with Crippen LogP contribution in [-0.2, 0) is 19.1 Å². The number of carbonyl (C=O) groups is 2. The van der Waals surface area contributed by atoms with Crippen molar-refractivity contribution >= 4 is 11.9 Å². The van der Waals surface area contributed by atoms with Gasteiger partial charge in [0.1, 0.15) is 6.10 Å². The Bertz CT molecular complexity index is 321. The van der Waals surface area contributed by atoms with Gasteiger partial charge in [0.25, 0.3) is 0 Å². The molecule has 2 rings (SSSR count). The van der Waals surface area contributed by atoms with Crippen LogP contribution in [0, 0.1) is 17.8 Å². The van der Waals surface area contributed by atoms with Gasteiger partial charge >= 0.3 is 11.9 Å². The first-order chi connectivity index (χ1) is 7.15. The largest absolute Gasteiger partial charge is 0.469 e. The van der Waals surface area contributed by atoms with Crippen molar-refractivity contribution in [1.82, 2.24) is 0 Å². The molecule has 0 saturated carbocycles. The molecule has 4 atom stereocenters. The van der Waals surface area contributed by atoms with Gasteiger partial charge < -0.3 is 9.47 Å². The van der Waals surface area contributed by atoms with Crippen LogP contribution >= 0.6 is 0 Å². The molecular weight excluding hydrogens is 196 g/mol. The minimum absolute atomic E-state index is 0.0235. The lowest BCUT2D eigenvalue weighted by Crippen LogP contribution is -2.34. The van der Waals surface area contributed by atoms with Crippen LogP contribution in [0.25, 0.3) is 0 Å². The fourth-order valence-corrected chi connectivity index (χ4v) is 2.42. The second kappa shape index (κ2) is 3.68. The van der Waals surface area contributed by atoms with E-state index in [0.717, 1.165) is 0 Å². The third kappa shape index (κ3) is 1.54. The minimum Gasteiger partial charge on any atom is -0.469 e. The van der Waals surface area contributed by atoms with E-state index in [-0.39, 0.29) is 35.8 Å². The zero-order chi connectivity index (χ0) is 11.0. The molecule has 1 heterocycles. The third-order valence-electron chi connectivity index (χ3n) is 3.22. The minimum atomic E-state index is -0.373. The van der Waals surface area contributed by atoms with E-state index in [0.29, 0.717) is 6.42 Å². The van der Waals surface area contributed by atoms with E-state index in [9.17, 15) is 9.59 Å². The summed E-state index contributed by atoms with van der Waals surface area (Å²) in [7, 11) is 1.35. The summed E-state index contributed by atoms with van der Waals surface area (Å²) in [5, 5.41) is 0. The molecule has 15 heavy (non-hydrogen) atoms. The number of methoxy groups -OCH3 is 1. The summed E-state index contributed by atoms with van der Waals surface area (Å²) in [6.45, 7) is 1.85. The topological polar surface area (TPSA) is 52.6 Å². The van der Waals surface area contributed by atoms with E-state index in [1.54, 1.807) is 0 Å². The number of hydrogen-bond acceptors (Lipinski definition) is 4. The van der Waals surface area contributed by atoms with Gasteiger partial charge in [-0.05, 0) is 13.3 Å². The molecule has 0 bridgehead atoms. The van der Waals surface area contributed by atoms with Gasteiger partial charge in [-0.3, -0.25) is 9.59 Å². The first-order valence-corrected chi connectivity index (χ1v) is 5.10. The monoisotopic (exact) mass is 210 g/mol. The fourth-order valence-electron chi connectivity index (χ4n) is 2.42. The number of carbonyl (C=O) groups excluding carboxylic acids is 2. The Morgan fingerprint density at radius 1 is 1.60 bits per heavy atom. The number of allylic oxidation sites excluding steroid dienone is 1. The van der Waals surface area contributed by atoms with Crippen molar-refractivity contribution in [3.63, 3.8) is 0 Å². The van der Waals surface area contributed by atoms with Gasteiger partial charge in [0.05, 0.1) is 18.9 Å². The number of cyclic esters (lactones) is 1. The molecular formula is C11H14O4. The molecule has 4 heteroatoms. The van der Waals surface area contributed by atoms with Crippen LogP contribution in [0.15, 0.2) is 12.2 Å². The van der Waals surface area contributed by atoms with Gasteiger partial charge in [0.2, 0.25) is 0 Å². The maximum Gasteiger partial charge on any atom is 0.310 e. The Balaban J connectivity index is 2.26. The fraction of sp³-hybridized carbons (Fsp3) is 0.636. The van der Waals surface area contributed by atoms with Crippen molar-refractivity contribution in [2.45, 2.75) is 19.4 Å².